The number of carboxylic acids is 1. The number of furan rings is 1. The fraction of sp³-hybridized carbons (Fsp3) is 0.0833. The highest BCUT2D eigenvalue weighted by Gasteiger charge is 2.10. The molecule has 0 unspecified atom stereocenters. The van der Waals surface area contributed by atoms with Crippen molar-refractivity contribution < 1.29 is 23.4 Å². The number of hydrogen-bond acceptors (Lipinski definition) is 3. The van der Waals surface area contributed by atoms with Crippen molar-refractivity contribution in [1.82, 2.24) is 0 Å². The number of aromatic carboxylic acids is 1. The van der Waals surface area contributed by atoms with Gasteiger partial charge >= 0.3 is 5.97 Å². The minimum absolute atomic E-state index is 0.0125. The Hall–Kier alpha value is -2.01. The van der Waals surface area contributed by atoms with Gasteiger partial charge in [-0.25, -0.2) is 9.18 Å². The van der Waals surface area contributed by atoms with Crippen LogP contribution in [0.15, 0.2) is 34.7 Å². The van der Waals surface area contributed by atoms with E-state index in [0.29, 0.717) is 11.5 Å². The summed E-state index contributed by atoms with van der Waals surface area (Å²) in [7, 11) is 0. The normalized spacial score (nSPS) is 10.3. The van der Waals surface area contributed by atoms with Crippen molar-refractivity contribution in [2.45, 2.75) is 6.61 Å². The Morgan fingerprint density at radius 2 is 2.17 bits per heavy atom. The smallest absolute Gasteiger partial charge is 0.371 e. The third-order valence-electron chi connectivity index (χ3n) is 2.14. The van der Waals surface area contributed by atoms with E-state index in [9.17, 15) is 9.18 Å². The Balaban J connectivity index is 2.04. The summed E-state index contributed by atoms with van der Waals surface area (Å²) in [5, 5.41) is 8.80. The van der Waals surface area contributed by atoms with E-state index in [1.807, 2.05) is 0 Å². The topological polar surface area (TPSA) is 59.7 Å². The van der Waals surface area contributed by atoms with E-state index in [1.54, 1.807) is 0 Å². The lowest BCUT2D eigenvalue weighted by molar-refractivity contribution is 0.0658. The number of rotatable bonds is 4. The van der Waals surface area contributed by atoms with Crippen LogP contribution in [-0.2, 0) is 6.61 Å². The summed E-state index contributed by atoms with van der Waals surface area (Å²) in [4.78, 5) is 10.6. The van der Waals surface area contributed by atoms with Crippen molar-refractivity contribution in [3.8, 4) is 5.75 Å². The van der Waals surface area contributed by atoms with Crippen LogP contribution in [0.5, 0.6) is 5.75 Å². The number of carbonyl (C=O) groups is 1. The number of benzene rings is 1. The lowest BCUT2D eigenvalue weighted by Crippen LogP contribution is -1.96. The van der Waals surface area contributed by atoms with Gasteiger partial charge in [-0.1, -0.05) is 11.6 Å². The molecule has 1 aromatic heterocycles. The van der Waals surface area contributed by atoms with Gasteiger partial charge in [0.1, 0.15) is 23.9 Å². The van der Waals surface area contributed by atoms with Gasteiger partial charge in [-0.3, -0.25) is 0 Å². The van der Waals surface area contributed by atoms with Gasteiger partial charge < -0.3 is 14.3 Å². The zero-order valence-electron chi connectivity index (χ0n) is 9.02. The van der Waals surface area contributed by atoms with E-state index in [4.69, 9.17) is 25.9 Å². The first-order valence-electron chi connectivity index (χ1n) is 4.96. The van der Waals surface area contributed by atoms with Crippen LogP contribution >= 0.6 is 11.6 Å². The number of ether oxygens (including phenoxy) is 1. The quantitative estimate of drug-likeness (QED) is 0.925. The van der Waals surface area contributed by atoms with Gasteiger partial charge in [0.15, 0.2) is 0 Å². The Labute approximate surface area is 107 Å². The second kappa shape index (κ2) is 5.10. The molecule has 2 rings (SSSR count). The molecule has 0 atom stereocenters. The predicted octanol–water partition coefficient (Wildman–Crippen LogP) is 3.35. The molecule has 1 N–H and O–H groups in total. The average molecular weight is 271 g/mol. The van der Waals surface area contributed by atoms with Crippen LogP contribution in [0.4, 0.5) is 4.39 Å². The van der Waals surface area contributed by atoms with Gasteiger partial charge in [0.05, 0.1) is 5.02 Å². The van der Waals surface area contributed by atoms with Crippen LogP contribution < -0.4 is 4.74 Å². The third-order valence-corrected chi connectivity index (χ3v) is 2.43. The summed E-state index contributed by atoms with van der Waals surface area (Å²) in [6.45, 7) is 0.0125. The van der Waals surface area contributed by atoms with Gasteiger partial charge in [-0.05, 0) is 30.3 Å². The fourth-order valence-electron chi connectivity index (χ4n) is 1.31. The molecule has 0 bridgehead atoms. The van der Waals surface area contributed by atoms with Crippen LogP contribution in [0, 0.1) is 5.82 Å². The molecule has 0 saturated carbocycles. The first-order valence-corrected chi connectivity index (χ1v) is 5.34. The molecule has 4 nitrogen and oxygen atoms in total. The predicted molar refractivity (Wildman–Crippen MR) is 61.4 cm³/mol. The molecule has 0 spiro atoms. The lowest BCUT2D eigenvalue weighted by Gasteiger charge is -2.05. The fourth-order valence-corrected chi connectivity index (χ4v) is 1.53. The zero-order valence-corrected chi connectivity index (χ0v) is 9.78. The maximum absolute atomic E-state index is 12.8. The highest BCUT2D eigenvalue weighted by Crippen LogP contribution is 2.25. The first kappa shape index (κ1) is 12.4. The lowest BCUT2D eigenvalue weighted by atomic mass is 10.3. The Morgan fingerprint density at radius 1 is 1.39 bits per heavy atom. The van der Waals surface area contributed by atoms with Gasteiger partial charge in [0, 0.05) is 0 Å². The first-order chi connectivity index (χ1) is 8.56. The van der Waals surface area contributed by atoms with Crippen LogP contribution in [-0.4, -0.2) is 11.1 Å². The van der Waals surface area contributed by atoms with Gasteiger partial charge in [-0.2, -0.15) is 0 Å². The summed E-state index contributed by atoms with van der Waals surface area (Å²) < 4.78 is 23.1. The Kier molecular flexibility index (Phi) is 3.53. The van der Waals surface area contributed by atoms with E-state index in [-0.39, 0.29) is 17.4 Å². The SMILES string of the molecule is O=C(O)c1ccc(COc2ccc(F)cc2Cl)o1. The summed E-state index contributed by atoms with van der Waals surface area (Å²) in [5.74, 6) is -1.14. The van der Waals surface area contributed by atoms with Crippen molar-refractivity contribution in [3.05, 3.63) is 52.7 Å². The number of hydrogen-bond donors (Lipinski definition) is 1. The minimum atomic E-state index is -1.15. The second-order valence-corrected chi connectivity index (χ2v) is 3.84. The van der Waals surface area contributed by atoms with E-state index < -0.39 is 11.8 Å². The monoisotopic (exact) mass is 270 g/mol. The van der Waals surface area contributed by atoms with Crippen LogP contribution in [0.1, 0.15) is 16.3 Å². The summed E-state index contributed by atoms with van der Waals surface area (Å²) in [5.41, 5.74) is 0. The largest absolute Gasteiger partial charge is 0.484 e. The number of carboxylic acid groups (broad SMARTS) is 1. The van der Waals surface area contributed by atoms with Crippen LogP contribution in [0.3, 0.4) is 0 Å². The van der Waals surface area contributed by atoms with Crippen molar-refractivity contribution in [1.29, 1.82) is 0 Å². The van der Waals surface area contributed by atoms with Crippen LogP contribution in [0.2, 0.25) is 5.02 Å². The molecular weight excluding hydrogens is 263 g/mol. The summed E-state index contributed by atoms with van der Waals surface area (Å²) >= 11 is 5.76. The van der Waals surface area contributed by atoms with E-state index in [0.717, 1.165) is 6.07 Å². The summed E-state index contributed by atoms with van der Waals surface area (Å²) in [6, 6.07) is 6.54. The summed E-state index contributed by atoms with van der Waals surface area (Å²) in [6.07, 6.45) is 0. The van der Waals surface area contributed by atoms with E-state index >= 15 is 0 Å². The molecule has 2 aromatic rings. The standard InChI is InChI=1S/C12H8ClFO4/c13-9-5-7(14)1-3-10(9)17-6-8-2-4-11(18-8)12(15)16/h1-5H,6H2,(H,15,16). The molecule has 0 saturated heterocycles. The molecule has 0 aliphatic heterocycles. The molecule has 1 aromatic carbocycles. The highest BCUT2D eigenvalue weighted by molar-refractivity contribution is 6.32. The zero-order chi connectivity index (χ0) is 13.1. The molecule has 0 fully saturated rings. The van der Waals surface area contributed by atoms with E-state index in [1.165, 1.54) is 24.3 Å². The van der Waals surface area contributed by atoms with Crippen molar-refractivity contribution in [2.75, 3.05) is 0 Å². The average Bonchev–Trinajstić information content (AvgIpc) is 2.76. The second-order valence-electron chi connectivity index (χ2n) is 3.43. The Morgan fingerprint density at radius 3 is 2.78 bits per heavy atom. The Bertz CT molecular complexity index is 579. The highest BCUT2D eigenvalue weighted by atomic mass is 35.5. The molecule has 94 valence electrons. The van der Waals surface area contributed by atoms with E-state index in [2.05, 4.69) is 0 Å². The van der Waals surface area contributed by atoms with Crippen molar-refractivity contribution in [2.24, 2.45) is 0 Å². The maximum Gasteiger partial charge on any atom is 0.371 e. The molecule has 0 radical (unpaired) electrons. The van der Waals surface area contributed by atoms with Gasteiger partial charge in [0.2, 0.25) is 5.76 Å². The molecule has 1 heterocycles. The van der Waals surface area contributed by atoms with Crippen LogP contribution in [0.25, 0.3) is 0 Å². The molecule has 0 aliphatic carbocycles. The molecule has 18 heavy (non-hydrogen) atoms. The molecule has 0 amide bonds. The van der Waals surface area contributed by atoms with Gasteiger partial charge in [0.25, 0.3) is 0 Å². The third kappa shape index (κ3) is 2.81. The maximum atomic E-state index is 12.8. The van der Waals surface area contributed by atoms with Crippen molar-refractivity contribution in [3.63, 3.8) is 0 Å². The van der Waals surface area contributed by atoms with Gasteiger partial charge in [-0.15, -0.1) is 0 Å². The minimum Gasteiger partial charge on any atom is -0.484 e. The molecule has 0 aliphatic rings. The van der Waals surface area contributed by atoms with Crippen molar-refractivity contribution >= 4 is 17.6 Å². The number of halogens is 2. The molecular formula is C12H8ClFO4. The molecule has 6 heteroatoms.